The van der Waals surface area contributed by atoms with Gasteiger partial charge in [-0.05, 0) is 18.2 Å². The molecule has 1 aromatic carbocycles. The molecule has 0 saturated heterocycles. The van der Waals surface area contributed by atoms with Gasteiger partial charge in [-0.25, -0.2) is 0 Å². The number of halogens is 1. The third-order valence-electron chi connectivity index (χ3n) is 1.61. The molecule has 0 bridgehead atoms. The molecule has 0 aliphatic heterocycles. The van der Waals surface area contributed by atoms with Gasteiger partial charge >= 0.3 is 0 Å². The number of rotatable bonds is 2. The molecule has 0 saturated carbocycles. The van der Waals surface area contributed by atoms with Gasteiger partial charge < -0.3 is 5.73 Å². The quantitative estimate of drug-likeness (QED) is 0.624. The molecule has 0 heterocycles. The average Bonchev–Trinajstić information content (AvgIpc) is 2.08. The van der Waals surface area contributed by atoms with Gasteiger partial charge in [0, 0.05) is 22.1 Å². The minimum absolute atomic E-state index is 0.106. The minimum atomic E-state index is 0.106. The van der Waals surface area contributed by atoms with Crippen molar-refractivity contribution in [2.75, 3.05) is 5.73 Å². The van der Waals surface area contributed by atoms with Gasteiger partial charge in [0.05, 0.1) is 0 Å². The van der Waals surface area contributed by atoms with Gasteiger partial charge in [-0.1, -0.05) is 22.9 Å². The Hall–Kier alpha value is -0.830. The Bertz CT molecular complexity index is 309. The number of anilines is 1. The van der Waals surface area contributed by atoms with Gasteiger partial charge in [-0.3, -0.25) is 4.79 Å². The molecule has 0 aliphatic carbocycles. The van der Waals surface area contributed by atoms with Crippen molar-refractivity contribution in [2.45, 2.75) is 13.3 Å². The van der Waals surface area contributed by atoms with Crippen molar-refractivity contribution in [2.24, 2.45) is 0 Å². The van der Waals surface area contributed by atoms with Crippen LogP contribution in [0, 0.1) is 0 Å². The van der Waals surface area contributed by atoms with Crippen molar-refractivity contribution < 1.29 is 4.79 Å². The summed E-state index contributed by atoms with van der Waals surface area (Å²) in [7, 11) is 0. The van der Waals surface area contributed by atoms with Crippen LogP contribution in [0.1, 0.15) is 23.7 Å². The second-order valence-electron chi connectivity index (χ2n) is 2.52. The lowest BCUT2D eigenvalue weighted by Crippen LogP contribution is -1.99. The van der Waals surface area contributed by atoms with E-state index in [-0.39, 0.29) is 5.78 Å². The van der Waals surface area contributed by atoms with Crippen LogP contribution in [-0.4, -0.2) is 5.78 Å². The van der Waals surface area contributed by atoms with Crippen LogP contribution in [0.3, 0.4) is 0 Å². The van der Waals surface area contributed by atoms with Crippen LogP contribution in [0.25, 0.3) is 0 Å². The molecule has 0 radical (unpaired) electrons. The van der Waals surface area contributed by atoms with Crippen molar-refractivity contribution in [3.8, 4) is 0 Å². The van der Waals surface area contributed by atoms with Crippen LogP contribution in [0.4, 0.5) is 5.69 Å². The molecule has 0 aliphatic rings. The standard InChI is InChI=1S/C9H10BrNO/c1-2-9(12)7-5-6(11)3-4-8(7)10/h3-5H,2,11H2,1H3. The topological polar surface area (TPSA) is 43.1 Å². The number of hydrogen-bond donors (Lipinski definition) is 1. The first kappa shape index (κ1) is 9.26. The number of carbonyl (C=O) groups is 1. The van der Waals surface area contributed by atoms with Crippen molar-refractivity contribution in [3.63, 3.8) is 0 Å². The fourth-order valence-corrected chi connectivity index (χ4v) is 1.41. The second-order valence-corrected chi connectivity index (χ2v) is 3.37. The lowest BCUT2D eigenvalue weighted by Gasteiger charge is -2.02. The maximum atomic E-state index is 11.3. The van der Waals surface area contributed by atoms with E-state index < -0.39 is 0 Å². The van der Waals surface area contributed by atoms with Crippen LogP contribution in [0.5, 0.6) is 0 Å². The fraction of sp³-hybridized carbons (Fsp3) is 0.222. The SMILES string of the molecule is CCC(=O)c1cc(N)ccc1Br. The Morgan fingerprint density at radius 1 is 1.58 bits per heavy atom. The van der Waals surface area contributed by atoms with Gasteiger partial charge in [0.15, 0.2) is 5.78 Å². The zero-order chi connectivity index (χ0) is 9.14. The fourth-order valence-electron chi connectivity index (χ4n) is 0.947. The zero-order valence-corrected chi connectivity index (χ0v) is 8.39. The number of carbonyl (C=O) groups excluding carboxylic acids is 1. The summed E-state index contributed by atoms with van der Waals surface area (Å²) in [6, 6.07) is 5.24. The van der Waals surface area contributed by atoms with E-state index in [4.69, 9.17) is 5.73 Å². The maximum Gasteiger partial charge on any atom is 0.163 e. The van der Waals surface area contributed by atoms with Crippen molar-refractivity contribution in [1.29, 1.82) is 0 Å². The monoisotopic (exact) mass is 227 g/mol. The molecule has 0 unspecified atom stereocenters. The predicted molar refractivity (Wildman–Crippen MR) is 53.2 cm³/mol. The molecule has 0 amide bonds. The molecule has 0 spiro atoms. The molecule has 2 nitrogen and oxygen atoms in total. The van der Waals surface area contributed by atoms with E-state index in [9.17, 15) is 4.79 Å². The third-order valence-corrected chi connectivity index (χ3v) is 2.30. The van der Waals surface area contributed by atoms with E-state index in [1.165, 1.54) is 0 Å². The predicted octanol–water partition coefficient (Wildman–Crippen LogP) is 2.62. The van der Waals surface area contributed by atoms with Gasteiger partial charge in [0.1, 0.15) is 0 Å². The highest BCUT2D eigenvalue weighted by molar-refractivity contribution is 9.10. The summed E-state index contributed by atoms with van der Waals surface area (Å²) in [5, 5.41) is 0. The first-order valence-corrected chi connectivity index (χ1v) is 4.52. The normalized spacial score (nSPS) is 9.83. The number of benzene rings is 1. The van der Waals surface area contributed by atoms with Crippen molar-refractivity contribution in [1.82, 2.24) is 0 Å². The van der Waals surface area contributed by atoms with Crippen molar-refractivity contribution >= 4 is 27.4 Å². The van der Waals surface area contributed by atoms with E-state index in [1.54, 1.807) is 18.2 Å². The number of Topliss-reactive ketones (excluding diaryl/α,β-unsaturated/α-hetero) is 1. The summed E-state index contributed by atoms with van der Waals surface area (Å²) in [5.41, 5.74) is 6.83. The minimum Gasteiger partial charge on any atom is -0.399 e. The average molecular weight is 228 g/mol. The summed E-state index contributed by atoms with van der Waals surface area (Å²) in [4.78, 5) is 11.3. The Morgan fingerprint density at radius 2 is 2.25 bits per heavy atom. The van der Waals surface area contributed by atoms with Gasteiger partial charge in [-0.2, -0.15) is 0 Å². The van der Waals surface area contributed by atoms with Gasteiger partial charge in [0.25, 0.3) is 0 Å². The largest absolute Gasteiger partial charge is 0.399 e. The Labute approximate surface area is 79.9 Å². The smallest absolute Gasteiger partial charge is 0.163 e. The maximum absolute atomic E-state index is 11.3. The van der Waals surface area contributed by atoms with Crippen LogP contribution in [0.2, 0.25) is 0 Å². The van der Waals surface area contributed by atoms with Crippen LogP contribution in [0.15, 0.2) is 22.7 Å². The molecule has 64 valence electrons. The Balaban J connectivity index is 3.13. The van der Waals surface area contributed by atoms with Crippen LogP contribution >= 0.6 is 15.9 Å². The number of ketones is 1. The number of nitrogen functional groups attached to an aromatic ring is 1. The molecule has 3 heteroatoms. The lowest BCUT2D eigenvalue weighted by atomic mass is 10.1. The highest BCUT2D eigenvalue weighted by Crippen LogP contribution is 2.20. The second kappa shape index (κ2) is 3.72. The molecular weight excluding hydrogens is 218 g/mol. The Kier molecular flexibility index (Phi) is 2.87. The van der Waals surface area contributed by atoms with Gasteiger partial charge in [0.2, 0.25) is 0 Å². The molecule has 0 aromatic heterocycles. The first-order valence-electron chi connectivity index (χ1n) is 3.73. The molecule has 0 fully saturated rings. The van der Waals surface area contributed by atoms with Crippen LogP contribution in [-0.2, 0) is 0 Å². The summed E-state index contributed by atoms with van der Waals surface area (Å²) in [6.45, 7) is 1.83. The van der Waals surface area contributed by atoms with E-state index in [2.05, 4.69) is 15.9 Å². The summed E-state index contributed by atoms with van der Waals surface area (Å²) in [6.07, 6.45) is 0.502. The summed E-state index contributed by atoms with van der Waals surface area (Å²) in [5.74, 6) is 0.106. The molecule has 0 atom stereocenters. The molecule has 12 heavy (non-hydrogen) atoms. The van der Waals surface area contributed by atoms with E-state index in [1.807, 2.05) is 6.92 Å². The highest BCUT2D eigenvalue weighted by Gasteiger charge is 2.07. The van der Waals surface area contributed by atoms with E-state index in [0.717, 1.165) is 4.47 Å². The van der Waals surface area contributed by atoms with Crippen LogP contribution < -0.4 is 5.73 Å². The molecule has 1 aromatic rings. The summed E-state index contributed by atoms with van der Waals surface area (Å²) >= 11 is 3.30. The van der Waals surface area contributed by atoms with E-state index >= 15 is 0 Å². The van der Waals surface area contributed by atoms with Crippen molar-refractivity contribution in [3.05, 3.63) is 28.2 Å². The Morgan fingerprint density at radius 3 is 2.83 bits per heavy atom. The number of hydrogen-bond acceptors (Lipinski definition) is 2. The third kappa shape index (κ3) is 1.85. The van der Waals surface area contributed by atoms with E-state index in [0.29, 0.717) is 17.7 Å². The lowest BCUT2D eigenvalue weighted by molar-refractivity contribution is 0.0987. The highest BCUT2D eigenvalue weighted by atomic mass is 79.9. The molecule has 1 rings (SSSR count). The molecule has 2 N–H and O–H groups in total. The zero-order valence-electron chi connectivity index (χ0n) is 6.80. The number of nitrogens with two attached hydrogens (primary N) is 1. The van der Waals surface area contributed by atoms with Gasteiger partial charge in [-0.15, -0.1) is 0 Å². The first-order chi connectivity index (χ1) is 5.65. The summed E-state index contributed by atoms with van der Waals surface area (Å²) < 4.78 is 0.809. The molecular formula is C9H10BrNO.